The Morgan fingerprint density at radius 1 is 0.938 bits per heavy atom. The maximum absolute atomic E-state index is 13.0. The first-order valence-electron chi connectivity index (χ1n) is 13.8. The molecule has 0 amide bonds. The van der Waals surface area contributed by atoms with Crippen LogP contribution in [0.15, 0.2) is 0 Å². The van der Waals surface area contributed by atoms with Crippen molar-refractivity contribution in [1.82, 2.24) is 0 Å². The Bertz CT molecular complexity index is 637. The van der Waals surface area contributed by atoms with E-state index in [2.05, 4.69) is 20.8 Å². The fraction of sp³-hybridized carbons (Fsp3) is 0.929. The maximum atomic E-state index is 13.0. The number of hydrogen-bond donors (Lipinski definition) is 0. The summed E-state index contributed by atoms with van der Waals surface area (Å²) in [5.74, 6) is 4.62. The third-order valence-electron chi connectivity index (χ3n) is 9.58. The normalized spacial score (nSPS) is 37.4. The summed E-state index contributed by atoms with van der Waals surface area (Å²) < 4.78 is 11.9. The van der Waals surface area contributed by atoms with E-state index in [0.29, 0.717) is 11.8 Å². The van der Waals surface area contributed by atoms with Crippen LogP contribution in [0, 0.1) is 41.4 Å². The summed E-state index contributed by atoms with van der Waals surface area (Å²) in [7, 11) is 0. The highest BCUT2D eigenvalue weighted by atomic mass is 16.6. The fourth-order valence-electron chi connectivity index (χ4n) is 8.36. The molecule has 32 heavy (non-hydrogen) atoms. The Kier molecular flexibility index (Phi) is 8.72. The van der Waals surface area contributed by atoms with Gasteiger partial charge in [0.2, 0.25) is 0 Å². The molecule has 4 aliphatic carbocycles. The number of hydrogen-bond acceptors (Lipinski definition) is 4. The van der Waals surface area contributed by atoms with Crippen LogP contribution in [0.5, 0.6) is 0 Å². The maximum Gasteiger partial charge on any atom is 0.310 e. The molecule has 8 unspecified atom stereocenters. The summed E-state index contributed by atoms with van der Waals surface area (Å²) in [6, 6.07) is 0. The third-order valence-corrected chi connectivity index (χ3v) is 9.58. The van der Waals surface area contributed by atoms with Gasteiger partial charge in [-0.15, -0.1) is 0 Å². The van der Waals surface area contributed by atoms with Gasteiger partial charge in [-0.2, -0.15) is 0 Å². The second-order valence-electron chi connectivity index (χ2n) is 10.9. The van der Waals surface area contributed by atoms with Gasteiger partial charge < -0.3 is 9.47 Å². The second-order valence-corrected chi connectivity index (χ2v) is 10.9. The van der Waals surface area contributed by atoms with Gasteiger partial charge in [-0.3, -0.25) is 9.59 Å². The molecule has 0 spiro atoms. The van der Waals surface area contributed by atoms with Gasteiger partial charge >= 0.3 is 11.9 Å². The lowest BCUT2D eigenvalue weighted by atomic mass is 9.69. The summed E-state index contributed by atoms with van der Waals surface area (Å²) in [6.07, 6.45) is 11.4. The number of fused-ring (bicyclic) bond motifs is 5. The number of rotatable bonds is 8. The van der Waals surface area contributed by atoms with E-state index in [9.17, 15) is 9.59 Å². The Morgan fingerprint density at radius 2 is 1.56 bits per heavy atom. The van der Waals surface area contributed by atoms with E-state index in [4.69, 9.17) is 9.47 Å². The highest BCUT2D eigenvalue weighted by Crippen LogP contribution is 2.66. The molecule has 4 fully saturated rings. The molecule has 0 heterocycles. The first kappa shape index (κ1) is 25.6. The van der Waals surface area contributed by atoms with Crippen molar-refractivity contribution in [2.45, 2.75) is 124 Å². The average molecular weight is 449 g/mol. The van der Waals surface area contributed by atoms with Crippen molar-refractivity contribution in [3.8, 4) is 0 Å². The fourth-order valence-corrected chi connectivity index (χ4v) is 8.36. The highest BCUT2D eigenvalue weighted by Gasteiger charge is 2.61. The molecule has 0 aromatic rings. The van der Waals surface area contributed by atoms with E-state index in [1.165, 1.54) is 32.6 Å². The van der Waals surface area contributed by atoms with Gasteiger partial charge in [0, 0.05) is 6.92 Å². The largest absolute Gasteiger partial charge is 0.462 e. The standard InChI is InChI=1S/C26H42O4.C2H6/c1-5-17-12-18(6-2)25-21-14-19(24(17)25)13-20(21)22(29-16(4)27)15-23(28)30-26(7-3)10-8-9-11-26;1-2/h17-22,24-25H,5-15H2,1-4H3;1-2H3. The van der Waals surface area contributed by atoms with E-state index in [-0.39, 0.29) is 30.1 Å². The van der Waals surface area contributed by atoms with Gasteiger partial charge in [-0.05, 0) is 92.8 Å². The van der Waals surface area contributed by atoms with Gasteiger partial charge in [0.1, 0.15) is 11.7 Å². The molecule has 8 atom stereocenters. The zero-order valence-corrected chi connectivity index (χ0v) is 21.5. The molecule has 184 valence electrons. The molecule has 0 aliphatic heterocycles. The molecule has 0 saturated heterocycles. The van der Waals surface area contributed by atoms with E-state index < -0.39 is 0 Å². The molecule has 4 nitrogen and oxygen atoms in total. The number of carbonyl (C=O) groups excluding carboxylic acids is 2. The Labute approximate surface area is 196 Å². The molecule has 2 bridgehead atoms. The summed E-state index contributed by atoms with van der Waals surface area (Å²) in [6.45, 7) is 12.3. The lowest BCUT2D eigenvalue weighted by Gasteiger charge is -2.39. The van der Waals surface area contributed by atoms with Crippen LogP contribution in [-0.2, 0) is 19.1 Å². The van der Waals surface area contributed by atoms with Gasteiger partial charge in [0.05, 0.1) is 6.42 Å². The quantitative estimate of drug-likeness (QED) is 0.377. The molecule has 0 aromatic carbocycles. The van der Waals surface area contributed by atoms with Crippen molar-refractivity contribution in [1.29, 1.82) is 0 Å². The molecule has 4 heteroatoms. The van der Waals surface area contributed by atoms with Crippen molar-refractivity contribution in [3.63, 3.8) is 0 Å². The zero-order valence-electron chi connectivity index (χ0n) is 21.5. The van der Waals surface area contributed by atoms with Crippen molar-refractivity contribution >= 4 is 11.9 Å². The zero-order chi connectivity index (χ0) is 23.5. The van der Waals surface area contributed by atoms with E-state index >= 15 is 0 Å². The second kappa shape index (κ2) is 10.9. The molecule has 4 saturated carbocycles. The van der Waals surface area contributed by atoms with Crippen LogP contribution in [0.4, 0.5) is 0 Å². The first-order chi connectivity index (χ1) is 15.4. The highest BCUT2D eigenvalue weighted by molar-refractivity contribution is 5.72. The Balaban J connectivity index is 0.00000141. The van der Waals surface area contributed by atoms with Gasteiger partial charge in [0.15, 0.2) is 0 Å². The van der Waals surface area contributed by atoms with E-state index in [1.807, 2.05) is 13.8 Å². The molecule has 0 N–H and O–H groups in total. The molecule has 4 aliphatic rings. The SMILES string of the molecule is CC.CCC1CC(CC)C2C3CC(CC3C(CC(=O)OC3(CC)CCCC3)OC(C)=O)C12. The van der Waals surface area contributed by atoms with Crippen LogP contribution in [0.1, 0.15) is 112 Å². The topological polar surface area (TPSA) is 52.6 Å². The summed E-state index contributed by atoms with van der Waals surface area (Å²) in [4.78, 5) is 24.9. The van der Waals surface area contributed by atoms with Crippen LogP contribution in [-0.4, -0.2) is 23.6 Å². The van der Waals surface area contributed by atoms with Gasteiger partial charge in [0.25, 0.3) is 0 Å². The molecule has 0 aromatic heterocycles. The van der Waals surface area contributed by atoms with Crippen LogP contribution >= 0.6 is 0 Å². The van der Waals surface area contributed by atoms with E-state index in [1.54, 1.807) is 0 Å². The van der Waals surface area contributed by atoms with Crippen LogP contribution in [0.25, 0.3) is 0 Å². The van der Waals surface area contributed by atoms with Crippen LogP contribution < -0.4 is 0 Å². The molecular weight excluding hydrogens is 400 g/mol. The molecule has 0 radical (unpaired) electrons. The monoisotopic (exact) mass is 448 g/mol. The number of ether oxygens (including phenoxy) is 2. The van der Waals surface area contributed by atoms with Crippen LogP contribution in [0.2, 0.25) is 0 Å². The first-order valence-corrected chi connectivity index (χ1v) is 13.8. The summed E-state index contributed by atoms with van der Waals surface area (Å²) in [5.41, 5.74) is -0.273. The van der Waals surface area contributed by atoms with Crippen molar-refractivity contribution in [3.05, 3.63) is 0 Å². The minimum absolute atomic E-state index is 0.158. The minimum Gasteiger partial charge on any atom is -0.462 e. The summed E-state index contributed by atoms with van der Waals surface area (Å²) >= 11 is 0. The predicted molar refractivity (Wildman–Crippen MR) is 128 cm³/mol. The van der Waals surface area contributed by atoms with Gasteiger partial charge in [-0.25, -0.2) is 0 Å². The Hall–Kier alpha value is -1.06. The van der Waals surface area contributed by atoms with Crippen molar-refractivity contribution < 1.29 is 19.1 Å². The smallest absolute Gasteiger partial charge is 0.310 e. The third kappa shape index (κ3) is 4.89. The predicted octanol–water partition coefficient (Wildman–Crippen LogP) is 6.94. The lowest BCUT2D eigenvalue weighted by Crippen LogP contribution is -2.40. The average Bonchev–Trinajstić information content (AvgIpc) is 3.55. The minimum atomic E-state index is -0.306. The molecular formula is C28H48O4. The van der Waals surface area contributed by atoms with Crippen molar-refractivity contribution in [2.75, 3.05) is 0 Å². The summed E-state index contributed by atoms with van der Waals surface area (Å²) in [5, 5.41) is 0. The number of carbonyl (C=O) groups is 2. The number of esters is 2. The lowest BCUT2D eigenvalue weighted by molar-refractivity contribution is -0.168. The van der Waals surface area contributed by atoms with E-state index in [0.717, 1.165) is 68.1 Å². The molecule has 4 rings (SSSR count). The van der Waals surface area contributed by atoms with Gasteiger partial charge in [-0.1, -0.05) is 47.5 Å². The van der Waals surface area contributed by atoms with Crippen LogP contribution in [0.3, 0.4) is 0 Å². The van der Waals surface area contributed by atoms with Crippen molar-refractivity contribution in [2.24, 2.45) is 41.4 Å². The Morgan fingerprint density at radius 3 is 2.12 bits per heavy atom.